The first-order valence-electron chi connectivity index (χ1n) is 6.20. The van der Waals surface area contributed by atoms with Gasteiger partial charge in [0.15, 0.2) is 0 Å². The highest BCUT2D eigenvalue weighted by molar-refractivity contribution is 5.85. The van der Waals surface area contributed by atoms with Crippen LogP contribution in [0.3, 0.4) is 0 Å². The fourth-order valence-electron chi connectivity index (χ4n) is 3.71. The number of Topliss-reactive ketones (excluding diaryl/α,β-unsaturated/α-hetero) is 1. The van der Waals surface area contributed by atoms with E-state index in [4.69, 9.17) is 0 Å². The Bertz CT molecular complexity index is 279. The van der Waals surface area contributed by atoms with Gasteiger partial charge in [0.25, 0.3) is 0 Å². The SMILES string of the molecule is O=C1CCCC1N1CC2CCC(O)C2C1. The molecule has 2 aliphatic carbocycles. The number of carbonyl (C=O) groups excluding carboxylic acids is 1. The van der Waals surface area contributed by atoms with Crippen LogP contribution in [0.4, 0.5) is 0 Å². The molecule has 4 unspecified atom stereocenters. The number of ketones is 1. The van der Waals surface area contributed by atoms with Crippen molar-refractivity contribution in [1.29, 1.82) is 0 Å². The molecule has 3 heteroatoms. The lowest BCUT2D eigenvalue weighted by atomic mass is 10.00. The Kier molecular flexibility index (Phi) is 2.33. The summed E-state index contributed by atoms with van der Waals surface area (Å²) in [6.07, 6.45) is 4.92. The van der Waals surface area contributed by atoms with Gasteiger partial charge in [-0.1, -0.05) is 0 Å². The Morgan fingerprint density at radius 1 is 1.20 bits per heavy atom. The number of hydrogen-bond acceptors (Lipinski definition) is 3. The lowest BCUT2D eigenvalue weighted by Crippen LogP contribution is -2.37. The number of aliphatic hydroxyl groups is 1. The smallest absolute Gasteiger partial charge is 0.149 e. The molecule has 0 spiro atoms. The van der Waals surface area contributed by atoms with Crippen LogP contribution in [0, 0.1) is 11.8 Å². The highest BCUT2D eigenvalue weighted by Gasteiger charge is 2.45. The Morgan fingerprint density at radius 2 is 2.07 bits per heavy atom. The first kappa shape index (κ1) is 9.79. The van der Waals surface area contributed by atoms with Gasteiger partial charge >= 0.3 is 0 Å². The number of aliphatic hydroxyl groups excluding tert-OH is 1. The predicted molar refractivity (Wildman–Crippen MR) is 56.4 cm³/mol. The molecule has 1 heterocycles. The molecule has 1 N–H and O–H groups in total. The molecule has 0 aromatic carbocycles. The van der Waals surface area contributed by atoms with Gasteiger partial charge in [-0.15, -0.1) is 0 Å². The van der Waals surface area contributed by atoms with E-state index in [0.29, 0.717) is 17.6 Å². The second-order valence-corrected chi connectivity index (χ2v) is 5.40. The summed E-state index contributed by atoms with van der Waals surface area (Å²) in [5.41, 5.74) is 0. The fourth-order valence-corrected chi connectivity index (χ4v) is 3.71. The lowest BCUT2D eigenvalue weighted by Gasteiger charge is -2.23. The zero-order valence-electron chi connectivity index (χ0n) is 9.06. The van der Waals surface area contributed by atoms with E-state index in [1.54, 1.807) is 0 Å². The van der Waals surface area contributed by atoms with Gasteiger partial charge in [0.2, 0.25) is 0 Å². The van der Waals surface area contributed by atoms with Crippen LogP contribution in [0.25, 0.3) is 0 Å². The number of hydrogen-bond donors (Lipinski definition) is 1. The second-order valence-electron chi connectivity index (χ2n) is 5.40. The molecule has 0 radical (unpaired) electrons. The van der Waals surface area contributed by atoms with Gasteiger partial charge in [-0.25, -0.2) is 0 Å². The van der Waals surface area contributed by atoms with E-state index >= 15 is 0 Å². The van der Waals surface area contributed by atoms with Crippen LogP contribution in [-0.4, -0.2) is 41.0 Å². The number of carbonyl (C=O) groups is 1. The normalized spacial score (nSPS) is 46.3. The van der Waals surface area contributed by atoms with Gasteiger partial charge in [0.05, 0.1) is 12.1 Å². The average Bonchev–Trinajstić information content (AvgIpc) is 2.84. The highest BCUT2D eigenvalue weighted by Crippen LogP contribution is 2.40. The summed E-state index contributed by atoms with van der Waals surface area (Å²) in [5, 5.41) is 9.81. The molecule has 15 heavy (non-hydrogen) atoms. The number of fused-ring (bicyclic) bond motifs is 1. The molecule has 0 amide bonds. The van der Waals surface area contributed by atoms with E-state index in [1.165, 1.54) is 0 Å². The summed E-state index contributed by atoms with van der Waals surface area (Å²) in [6, 6.07) is 0.197. The van der Waals surface area contributed by atoms with Crippen molar-refractivity contribution >= 4 is 5.78 Å². The van der Waals surface area contributed by atoms with Crippen LogP contribution < -0.4 is 0 Å². The third kappa shape index (κ3) is 1.53. The maximum absolute atomic E-state index is 11.7. The highest BCUT2D eigenvalue weighted by atomic mass is 16.3. The van der Waals surface area contributed by atoms with Crippen LogP contribution in [0.15, 0.2) is 0 Å². The Hall–Kier alpha value is -0.410. The van der Waals surface area contributed by atoms with E-state index in [2.05, 4.69) is 4.90 Å². The summed E-state index contributed by atoms with van der Waals surface area (Å²) >= 11 is 0. The van der Waals surface area contributed by atoms with Gasteiger partial charge in [0, 0.05) is 25.4 Å². The molecule has 84 valence electrons. The molecule has 0 aromatic rings. The van der Waals surface area contributed by atoms with E-state index in [0.717, 1.165) is 45.2 Å². The second kappa shape index (κ2) is 3.56. The Labute approximate surface area is 90.5 Å². The van der Waals surface area contributed by atoms with Crippen molar-refractivity contribution in [2.75, 3.05) is 13.1 Å². The summed E-state index contributed by atoms with van der Waals surface area (Å²) in [4.78, 5) is 14.0. The summed E-state index contributed by atoms with van der Waals surface area (Å²) in [5.74, 6) is 1.55. The first-order valence-corrected chi connectivity index (χ1v) is 6.20. The van der Waals surface area contributed by atoms with Crippen LogP contribution in [-0.2, 0) is 4.79 Å². The van der Waals surface area contributed by atoms with Gasteiger partial charge in [-0.2, -0.15) is 0 Å². The van der Waals surface area contributed by atoms with Crippen molar-refractivity contribution in [3.8, 4) is 0 Å². The molecule has 3 aliphatic rings. The monoisotopic (exact) mass is 209 g/mol. The maximum atomic E-state index is 11.7. The summed E-state index contributed by atoms with van der Waals surface area (Å²) < 4.78 is 0. The molecule has 0 bridgehead atoms. The molecule has 0 aromatic heterocycles. The van der Waals surface area contributed by atoms with Gasteiger partial charge in [-0.05, 0) is 31.6 Å². The third-order valence-corrected chi connectivity index (χ3v) is 4.56. The minimum Gasteiger partial charge on any atom is -0.393 e. The van der Waals surface area contributed by atoms with Crippen molar-refractivity contribution in [2.45, 2.75) is 44.2 Å². The predicted octanol–water partition coefficient (Wildman–Crippen LogP) is 0.811. The van der Waals surface area contributed by atoms with Crippen LogP contribution >= 0.6 is 0 Å². The van der Waals surface area contributed by atoms with Crippen LogP contribution in [0.2, 0.25) is 0 Å². The summed E-state index contributed by atoms with van der Waals surface area (Å²) in [6.45, 7) is 2.01. The fraction of sp³-hybridized carbons (Fsp3) is 0.917. The first-order chi connectivity index (χ1) is 7.25. The number of nitrogens with zero attached hydrogens (tertiary/aromatic N) is 1. The number of likely N-dealkylation sites (tertiary alicyclic amines) is 1. The van der Waals surface area contributed by atoms with Crippen molar-refractivity contribution in [2.24, 2.45) is 11.8 Å². The lowest BCUT2D eigenvalue weighted by molar-refractivity contribution is -0.121. The molecule has 3 fully saturated rings. The van der Waals surface area contributed by atoms with Gasteiger partial charge in [-0.3, -0.25) is 9.69 Å². The van der Waals surface area contributed by atoms with Crippen molar-refractivity contribution in [1.82, 2.24) is 4.90 Å². The summed E-state index contributed by atoms with van der Waals surface area (Å²) in [7, 11) is 0. The van der Waals surface area contributed by atoms with Crippen LogP contribution in [0.1, 0.15) is 32.1 Å². The van der Waals surface area contributed by atoms with Gasteiger partial charge < -0.3 is 5.11 Å². The maximum Gasteiger partial charge on any atom is 0.149 e. The van der Waals surface area contributed by atoms with E-state index in [9.17, 15) is 9.90 Å². The molecule has 4 atom stereocenters. The Balaban J connectivity index is 1.68. The minimum atomic E-state index is -0.100. The quantitative estimate of drug-likeness (QED) is 0.695. The zero-order valence-corrected chi connectivity index (χ0v) is 9.06. The molecule has 1 aliphatic heterocycles. The van der Waals surface area contributed by atoms with Crippen LogP contribution in [0.5, 0.6) is 0 Å². The molecule has 2 saturated carbocycles. The molecular weight excluding hydrogens is 190 g/mol. The molecule has 3 nitrogen and oxygen atoms in total. The standard InChI is InChI=1S/C12H19NO2/c14-11-5-4-8-6-13(7-9(8)11)10-2-1-3-12(10)15/h8-11,14H,1-7H2. The van der Waals surface area contributed by atoms with E-state index in [1.807, 2.05) is 0 Å². The molecular formula is C12H19NO2. The van der Waals surface area contributed by atoms with E-state index in [-0.39, 0.29) is 12.1 Å². The van der Waals surface area contributed by atoms with Crippen molar-refractivity contribution in [3.05, 3.63) is 0 Å². The van der Waals surface area contributed by atoms with E-state index < -0.39 is 0 Å². The zero-order chi connectivity index (χ0) is 10.4. The molecule has 3 rings (SSSR count). The van der Waals surface area contributed by atoms with Gasteiger partial charge in [0.1, 0.15) is 5.78 Å². The molecule has 1 saturated heterocycles. The Morgan fingerprint density at radius 3 is 2.73 bits per heavy atom. The minimum absolute atomic E-state index is 0.100. The average molecular weight is 209 g/mol. The largest absolute Gasteiger partial charge is 0.393 e. The third-order valence-electron chi connectivity index (χ3n) is 4.56. The number of rotatable bonds is 1. The topological polar surface area (TPSA) is 40.5 Å². The van der Waals surface area contributed by atoms with Crippen molar-refractivity contribution in [3.63, 3.8) is 0 Å². The van der Waals surface area contributed by atoms with Crippen molar-refractivity contribution < 1.29 is 9.90 Å².